The van der Waals surface area contributed by atoms with Crippen molar-refractivity contribution in [3.05, 3.63) is 63.9 Å². The number of aryl methyl sites for hydroxylation is 3. The molecule has 1 unspecified atom stereocenters. The maximum Gasteiger partial charge on any atom is 0.338 e. The Kier molecular flexibility index (Phi) is 7.13. The monoisotopic (exact) mass is 520 g/mol. The number of benzene rings is 1. The molecule has 0 radical (unpaired) electrons. The number of cyclic esters (lactones) is 1. The third-order valence-corrected chi connectivity index (χ3v) is 8.03. The van der Waals surface area contributed by atoms with Crippen LogP contribution in [0.25, 0.3) is 5.78 Å². The summed E-state index contributed by atoms with van der Waals surface area (Å²) in [5.41, 5.74) is 2.93. The van der Waals surface area contributed by atoms with E-state index in [4.69, 9.17) is 9.47 Å². The summed E-state index contributed by atoms with van der Waals surface area (Å²) in [7, 11) is 1.59. The minimum Gasteiger partial charge on any atom is -0.512 e. The highest BCUT2D eigenvalue weighted by molar-refractivity contribution is 5.90. The standard InChI is InChI=1S/C29H36N4O5/c1-17-13-18(2)33-28(30-17)31-26(32-33)15-23-24(35)16-29(38-27(23)36,21-7-5-6-8-21)12-11-20-9-10-25(37-4)22(14-20)19(3)34/h9-10,13-14,19,21,34-35H,5-8,11-12,15-16H2,1-4H3/t19-,29?/m1/s1. The van der Waals surface area contributed by atoms with Crippen LogP contribution in [0.2, 0.25) is 0 Å². The van der Waals surface area contributed by atoms with Crippen molar-refractivity contribution in [1.29, 1.82) is 0 Å². The topological polar surface area (TPSA) is 119 Å². The van der Waals surface area contributed by atoms with Gasteiger partial charge in [0.05, 0.1) is 18.8 Å². The van der Waals surface area contributed by atoms with Gasteiger partial charge in [-0.3, -0.25) is 0 Å². The minimum absolute atomic E-state index is 0.0623. The molecular weight excluding hydrogens is 484 g/mol. The molecule has 2 aromatic heterocycles. The molecule has 9 heteroatoms. The number of hydrogen-bond donors (Lipinski definition) is 2. The molecule has 1 aliphatic heterocycles. The molecular formula is C29H36N4O5. The van der Waals surface area contributed by atoms with Gasteiger partial charge in [0.2, 0.25) is 0 Å². The molecule has 1 aliphatic carbocycles. The number of carbonyl (C=O) groups excluding carboxylic acids is 1. The van der Waals surface area contributed by atoms with E-state index in [0.717, 1.165) is 48.2 Å². The van der Waals surface area contributed by atoms with Crippen molar-refractivity contribution in [2.24, 2.45) is 5.92 Å². The lowest BCUT2D eigenvalue weighted by atomic mass is 9.76. The summed E-state index contributed by atoms with van der Waals surface area (Å²) in [5.74, 6) is 1.28. The maximum absolute atomic E-state index is 13.4. The zero-order valence-corrected chi connectivity index (χ0v) is 22.5. The van der Waals surface area contributed by atoms with Crippen molar-refractivity contribution in [2.45, 2.75) is 83.8 Å². The van der Waals surface area contributed by atoms with Crippen LogP contribution in [-0.2, 0) is 22.4 Å². The van der Waals surface area contributed by atoms with E-state index in [1.807, 2.05) is 38.1 Å². The molecule has 0 saturated heterocycles. The quantitative estimate of drug-likeness (QED) is 0.412. The number of aromatic nitrogens is 4. The normalized spacial score (nSPS) is 21.2. The van der Waals surface area contributed by atoms with Gasteiger partial charge < -0.3 is 19.7 Å². The van der Waals surface area contributed by atoms with Gasteiger partial charge in [-0.2, -0.15) is 4.98 Å². The SMILES string of the molecule is COc1ccc(CCC2(C3CCCC3)CC(O)=C(Cc3nc4nc(C)cc(C)n4n3)C(=O)O2)cc1[C@@H](C)O. The molecule has 2 aliphatic rings. The first kappa shape index (κ1) is 26.2. The fourth-order valence-corrected chi connectivity index (χ4v) is 6.05. The van der Waals surface area contributed by atoms with Gasteiger partial charge in [0.1, 0.15) is 17.1 Å². The number of methoxy groups -OCH3 is 1. The molecule has 5 rings (SSSR count). The average Bonchev–Trinajstić information content (AvgIpc) is 3.55. The van der Waals surface area contributed by atoms with Gasteiger partial charge in [-0.05, 0) is 76.1 Å². The maximum atomic E-state index is 13.4. The highest BCUT2D eigenvalue weighted by Crippen LogP contribution is 2.46. The van der Waals surface area contributed by atoms with Crippen molar-refractivity contribution < 1.29 is 24.5 Å². The first-order valence-corrected chi connectivity index (χ1v) is 13.4. The molecule has 0 amide bonds. The summed E-state index contributed by atoms with van der Waals surface area (Å²) in [4.78, 5) is 22.3. The van der Waals surface area contributed by atoms with E-state index in [1.54, 1.807) is 18.5 Å². The predicted octanol–water partition coefficient (Wildman–Crippen LogP) is 4.67. The molecule has 1 saturated carbocycles. The molecule has 9 nitrogen and oxygen atoms in total. The van der Waals surface area contributed by atoms with Crippen molar-refractivity contribution in [1.82, 2.24) is 19.6 Å². The molecule has 1 aromatic carbocycles. The van der Waals surface area contributed by atoms with E-state index in [1.165, 1.54) is 0 Å². The number of carbonyl (C=O) groups is 1. The Morgan fingerprint density at radius 2 is 1.97 bits per heavy atom. The van der Waals surface area contributed by atoms with Crippen LogP contribution in [0.15, 0.2) is 35.6 Å². The fraction of sp³-hybridized carbons (Fsp3) is 0.517. The van der Waals surface area contributed by atoms with E-state index >= 15 is 0 Å². The summed E-state index contributed by atoms with van der Waals surface area (Å²) in [6.45, 7) is 5.54. The number of ether oxygens (including phenoxy) is 2. The van der Waals surface area contributed by atoms with Gasteiger partial charge in [0.25, 0.3) is 5.78 Å². The third-order valence-electron chi connectivity index (χ3n) is 8.03. The predicted molar refractivity (Wildman–Crippen MR) is 141 cm³/mol. The Balaban J connectivity index is 1.40. The number of nitrogens with zero attached hydrogens (tertiary/aromatic N) is 4. The summed E-state index contributed by atoms with van der Waals surface area (Å²) >= 11 is 0. The first-order chi connectivity index (χ1) is 18.2. The van der Waals surface area contributed by atoms with Crippen LogP contribution < -0.4 is 4.74 Å². The average molecular weight is 521 g/mol. The summed E-state index contributed by atoms with van der Waals surface area (Å²) < 4.78 is 13.3. The minimum atomic E-state index is -0.770. The van der Waals surface area contributed by atoms with Gasteiger partial charge in [-0.15, -0.1) is 5.10 Å². The molecule has 2 atom stereocenters. The molecule has 3 aromatic rings. The Morgan fingerprint density at radius 1 is 1.21 bits per heavy atom. The molecule has 0 spiro atoms. The van der Waals surface area contributed by atoms with Crippen molar-refractivity contribution in [3.63, 3.8) is 0 Å². The van der Waals surface area contributed by atoms with Gasteiger partial charge in [0.15, 0.2) is 5.82 Å². The van der Waals surface area contributed by atoms with Crippen molar-refractivity contribution >= 4 is 11.7 Å². The Labute approximate surface area is 222 Å². The van der Waals surface area contributed by atoms with Crippen LogP contribution in [0.3, 0.4) is 0 Å². The van der Waals surface area contributed by atoms with Crippen LogP contribution >= 0.6 is 0 Å². The largest absolute Gasteiger partial charge is 0.512 e. The van der Waals surface area contributed by atoms with Gasteiger partial charge >= 0.3 is 5.97 Å². The highest BCUT2D eigenvalue weighted by atomic mass is 16.6. The smallest absolute Gasteiger partial charge is 0.338 e. The summed E-state index contributed by atoms with van der Waals surface area (Å²) in [6.07, 6.45) is 5.05. The fourth-order valence-electron chi connectivity index (χ4n) is 6.05. The zero-order valence-electron chi connectivity index (χ0n) is 22.5. The lowest BCUT2D eigenvalue weighted by molar-refractivity contribution is -0.167. The first-order valence-electron chi connectivity index (χ1n) is 13.4. The Morgan fingerprint density at radius 3 is 2.66 bits per heavy atom. The lowest BCUT2D eigenvalue weighted by Crippen LogP contribution is -2.46. The molecule has 3 heterocycles. The van der Waals surface area contributed by atoms with Crippen LogP contribution in [0.4, 0.5) is 0 Å². The molecule has 2 N–H and O–H groups in total. The second-order valence-electron chi connectivity index (χ2n) is 10.7. The number of fused-ring (bicyclic) bond motifs is 1. The van der Waals surface area contributed by atoms with Gasteiger partial charge in [-0.25, -0.2) is 14.3 Å². The molecule has 0 bridgehead atoms. The van der Waals surface area contributed by atoms with E-state index in [-0.39, 0.29) is 30.1 Å². The van der Waals surface area contributed by atoms with E-state index in [2.05, 4.69) is 15.1 Å². The number of esters is 1. The van der Waals surface area contributed by atoms with E-state index in [9.17, 15) is 15.0 Å². The van der Waals surface area contributed by atoms with Crippen LogP contribution in [-0.4, -0.2) is 48.5 Å². The lowest BCUT2D eigenvalue weighted by Gasteiger charge is -2.41. The molecule has 1 fully saturated rings. The van der Waals surface area contributed by atoms with Crippen LogP contribution in [0.1, 0.15) is 79.9 Å². The second-order valence-corrected chi connectivity index (χ2v) is 10.7. The number of hydrogen-bond acceptors (Lipinski definition) is 8. The van der Waals surface area contributed by atoms with Crippen molar-refractivity contribution in [3.8, 4) is 5.75 Å². The van der Waals surface area contributed by atoms with Crippen LogP contribution in [0, 0.1) is 19.8 Å². The Bertz CT molecular complexity index is 1390. The molecule has 202 valence electrons. The highest BCUT2D eigenvalue weighted by Gasteiger charge is 2.48. The van der Waals surface area contributed by atoms with Gasteiger partial charge in [-0.1, -0.05) is 18.9 Å². The summed E-state index contributed by atoms with van der Waals surface area (Å²) in [5, 5.41) is 25.9. The number of aliphatic hydroxyl groups excluding tert-OH is 2. The number of aliphatic hydroxyl groups is 2. The van der Waals surface area contributed by atoms with E-state index < -0.39 is 17.7 Å². The number of rotatable bonds is 8. The second kappa shape index (κ2) is 10.4. The van der Waals surface area contributed by atoms with Crippen molar-refractivity contribution in [2.75, 3.05) is 7.11 Å². The Hall–Kier alpha value is -3.46. The van der Waals surface area contributed by atoms with Crippen LogP contribution in [0.5, 0.6) is 5.75 Å². The van der Waals surface area contributed by atoms with E-state index in [0.29, 0.717) is 30.2 Å². The molecule has 38 heavy (non-hydrogen) atoms. The summed E-state index contributed by atoms with van der Waals surface area (Å²) in [6, 6.07) is 7.71. The third kappa shape index (κ3) is 4.99. The zero-order chi connectivity index (χ0) is 27.0. The van der Waals surface area contributed by atoms with Gasteiger partial charge in [0, 0.05) is 29.8 Å².